The lowest BCUT2D eigenvalue weighted by molar-refractivity contribution is 0.0709. The van der Waals surface area contributed by atoms with Gasteiger partial charge in [0.25, 0.3) is 5.91 Å². The first-order valence-electron chi connectivity index (χ1n) is 7.39. The Labute approximate surface area is 147 Å². The molecule has 1 atom stereocenters. The molecule has 122 valence electrons. The number of hydrogen-bond donors (Lipinski definition) is 1. The highest BCUT2D eigenvalue weighted by Crippen LogP contribution is 2.25. The predicted molar refractivity (Wildman–Crippen MR) is 95.3 cm³/mol. The highest BCUT2D eigenvalue weighted by Gasteiger charge is 2.23. The Morgan fingerprint density at radius 2 is 2.17 bits per heavy atom. The third kappa shape index (κ3) is 4.02. The van der Waals surface area contributed by atoms with Crippen LogP contribution in [0.2, 0.25) is 5.02 Å². The molecule has 4 nitrogen and oxygen atoms in total. The van der Waals surface area contributed by atoms with E-state index in [9.17, 15) is 4.79 Å². The van der Waals surface area contributed by atoms with Gasteiger partial charge in [-0.1, -0.05) is 23.7 Å². The van der Waals surface area contributed by atoms with Gasteiger partial charge in [-0.05, 0) is 31.2 Å². The molecule has 1 aromatic heterocycles. The lowest BCUT2D eigenvalue weighted by Gasteiger charge is -2.32. The van der Waals surface area contributed by atoms with Gasteiger partial charge in [0.15, 0.2) is 0 Å². The molecule has 0 bridgehead atoms. The van der Waals surface area contributed by atoms with E-state index in [0.717, 1.165) is 17.8 Å². The molecule has 1 saturated heterocycles. The summed E-state index contributed by atoms with van der Waals surface area (Å²) in [5, 5.41) is 3.82. The summed E-state index contributed by atoms with van der Waals surface area (Å²) in [4.78, 5) is 18.9. The van der Waals surface area contributed by atoms with Gasteiger partial charge in [-0.15, -0.1) is 12.4 Å². The zero-order chi connectivity index (χ0) is 15.5. The summed E-state index contributed by atoms with van der Waals surface area (Å²) < 4.78 is 0. The number of pyridine rings is 1. The SMILES string of the molecule is C[C@@H]1CN(C(=O)c2cc(-c3ccccn3)ccc2Cl)CCN1.Cl. The molecule has 1 amide bonds. The van der Waals surface area contributed by atoms with Crippen LogP contribution in [0.15, 0.2) is 42.6 Å². The Morgan fingerprint density at radius 3 is 2.87 bits per heavy atom. The van der Waals surface area contributed by atoms with Crippen LogP contribution in [0.25, 0.3) is 11.3 Å². The summed E-state index contributed by atoms with van der Waals surface area (Å²) in [6, 6.07) is 11.5. The third-order valence-corrected chi connectivity index (χ3v) is 4.14. The van der Waals surface area contributed by atoms with Crippen LogP contribution in [0, 0.1) is 0 Å². The van der Waals surface area contributed by atoms with E-state index < -0.39 is 0 Å². The molecule has 0 unspecified atom stereocenters. The van der Waals surface area contributed by atoms with Crippen molar-refractivity contribution >= 4 is 29.9 Å². The molecule has 23 heavy (non-hydrogen) atoms. The van der Waals surface area contributed by atoms with Crippen LogP contribution in [0.3, 0.4) is 0 Å². The van der Waals surface area contributed by atoms with E-state index in [1.54, 1.807) is 12.3 Å². The van der Waals surface area contributed by atoms with E-state index in [0.29, 0.717) is 29.7 Å². The van der Waals surface area contributed by atoms with Gasteiger partial charge in [0, 0.05) is 37.4 Å². The number of carbonyl (C=O) groups is 1. The van der Waals surface area contributed by atoms with Gasteiger partial charge in [-0.2, -0.15) is 0 Å². The standard InChI is InChI=1S/C17H18ClN3O.ClH/c1-12-11-21(9-8-19-12)17(22)14-10-13(5-6-15(14)18)16-4-2-3-7-20-16;/h2-7,10,12,19H,8-9,11H2,1H3;1H/t12-;/m1./s1. The van der Waals surface area contributed by atoms with Crippen molar-refractivity contribution in [2.24, 2.45) is 0 Å². The Hall–Kier alpha value is -1.62. The molecular formula is C17H19Cl2N3O. The maximum Gasteiger partial charge on any atom is 0.255 e. The number of nitrogens with one attached hydrogen (secondary N) is 1. The van der Waals surface area contributed by atoms with Crippen molar-refractivity contribution < 1.29 is 4.79 Å². The van der Waals surface area contributed by atoms with Crippen molar-refractivity contribution in [3.05, 3.63) is 53.2 Å². The first kappa shape index (κ1) is 17.7. The summed E-state index contributed by atoms with van der Waals surface area (Å²) in [6.07, 6.45) is 1.74. The molecule has 1 aliphatic heterocycles. The van der Waals surface area contributed by atoms with Crippen LogP contribution in [0.1, 0.15) is 17.3 Å². The van der Waals surface area contributed by atoms with Crippen LogP contribution in [-0.2, 0) is 0 Å². The van der Waals surface area contributed by atoms with Crippen LogP contribution < -0.4 is 5.32 Å². The fraction of sp³-hybridized carbons (Fsp3) is 0.294. The Balaban J connectivity index is 0.00000192. The Kier molecular flexibility index (Phi) is 5.99. The molecule has 2 heterocycles. The number of rotatable bonds is 2. The molecule has 0 saturated carbocycles. The predicted octanol–water partition coefficient (Wildman–Crippen LogP) is 3.26. The first-order valence-corrected chi connectivity index (χ1v) is 7.76. The number of aromatic nitrogens is 1. The fourth-order valence-electron chi connectivity index (χ4n) is 2.67. The van der Waals surface area contributed by atoms with Crippen LogP contribution in [0.5, 0.6) is 0 Å². The zero-order valence-electron chi connectivity index (χ0n) is 12.8. The number of carbonyl (C=O) groups excluding carboxylic acids is 1. The van der Waals surface area contributed by atoms with Gasteiger partial charge in [0.2, 0.25) is 0 Å². The van der Waals surface area contributed by atoms with Gasteiger partial charge in [0.1, 0.15) is 0 Å². The van der Waals surface area contributed by atoms with E-state index in [1.807, 2.05) is 35.2 Å². The van der Waals surface area contributed by atoms with Crippen molar-refractivity contribution in [1.82, 2.24) is 15.2 Å². The van der Waals surface area contributed by atoms with E-state index in [1.165, 1.54) is 0 Å². The summed E-state index contributed by atoms with van der Waals surface area (Å²) in [5.41, 5.74) is 2.28. The minimum atomic E-state index is -0.0175. The second kappa shape index (κ2) is 7.77. The normalized spacial score (nSPS) is 17.5. The van der Waals surface area contributed by atoms with Gasteiger partial charge in [-0.25, -0.2) is 0 Å². The molecule has 0 spiro atoms. The molecular weight excluding hydrogens is 333 g/mol. The smallest absolute Gasteiger partial charge is 0.255 e. The van der Waals surface area contributed by atoms with E-state index in [-0.39, 0.29) is 18.3 Å². The van der Waals surface area contributed by atoms with Crippen molar-refractivity contribution in [3.63, 3.8) is 0 Å². The average Bonchev–Trinajstić information content (AvgIpc) is 2.55. The minimum absolute atomic E-state index is 0. The van der Waals surface area contributed by atoms with E-state index in [4.69, 9.17) is 11.6 Å². The summed E-state index contributed by atoms with van der Waals surface area (Å²) in [5.74, 6) is -0.0175. The molecule has 0 radical (unpaired) electrons. The molecule has 1 aromatic carbocycles. The molecule has 6 heteroatoms. The maximum atomic E-state index is 12.7. The van der Waals surface area contributed by atoms with E-state index in [2.05, 4.69) is 17.2 Å². The van der Waals surface area contributed by atoms with Crippen molar-refractivity contribution in [2.45, 2.75) is 13.0 Å². The van der Waals surface area contributed by atoms with Gasteiger partial charge < -0.3 is 10.2 Å². The maximum absolute atomic E-state index is 12.7. The van der Waals surface area contributed by atoms with Gasteiger partial charge >= 0.3 is 0 Å². The molecule has 1 fully saturated rings. The highest BCUT2D eigenvalue weighted by atomic mass is 35.5. The van der Waals surface area contributed by atoms with Gasteiger partial charge in [0.05, 0.1) is 16.3 Å². The lowest BCUT2D eigenvalue weighted by Crippen LogP contribution is -2.51. The van der Waals surface area contributed by atoms with Gasteiger partial charge in [-0.3, -0.25) is 9.78 Å². The van der Waals surface area contributed by atoms with Crippen molar-refractivity contribution in [3.8, 4) is 11.3 Å². The third-order valence-electron chi connectivity index (χ3n) is 3.81. The fourth-order valence-corrected chi connectivity index (χ4v) is 2.87. The molecule has 0 aliphatic carbocycles. The largest absolute Gasteiger partial charge is 0.336 e. The Morgan fingerprint density at radius 1 is 1.35 bits per heavy atom. The van der Waals surface area contributed by atoms with Crippen LogP contribution in [-0.4, -0.2) is 41.5 Å². The number of benzene rings is 1. The highest BCUT2D eigenvalue weighted by molar-refractivity contribution is 6.34. The first-order chi connectivity index (χ1) is 10.6. The number of piperazine rings is 1. The summed E-state index contributed by atoms with van der Waals surface area (Å²) in [7, 11) is 0. The second-order valence-corrected chi connectivity index (χ2v) is 5.92. The number of amides is 1. The molecule has 3 rings (SSSR count). The van der Waals surface area contributed by atoms with Crippen LogP contribution >= 0.6 is 24.0 Å². The monoisotopic (exact) mass is 351 g/mol. The Bertz CT molecular complexity index is 679. The summed E-state index contributed by atoms with van der Waals surface area (Å²) in [6.45, 7) is 4.28. The molecule has 2 aromatic rings. The summed E-state index contributed by atoms with van der Waals surface area (Å²) >= 11 is 6.25. The number of halogens is 2. The minimum Gasteiger partial charge on any atom is -0.336 e. The topological polar surface area (TPSA) is 45.2 Å². The average molecular weight is 352 g/mol. The quantitative estimate of drug-likeness (QED) is 0.902. The van der Waals surface area contributed by atoms with Crippen LogP contribution in [0.4, 0.5) is 0 Å². The number of hydrogen-bond acceptors (Lipinski definition) is 3. The molecule has 1 N–H and O–H groups in total. The van der Waals surface area contributed by atoms with E-state index >= 15 is 0 Å². The van der Waals surface area contributed by atoms with Crippen molar-refractivity contribution in [2.75, 3.05) is 19.6 Å². The molecule has 1 aliphatic rings. The number of nitrogens with zero attached hydrogens (tertiary/aromatic N) is 2. The van der Waals surface area contributed by atoms with Crippen molar-refractivity contribution in [1.29, 1.82) is 0 Å². The lowest BCUT2D eigenvalue weighted by atomic mass is 10.1. The second-order valence-electron chi connectivity index (χ2n) is 5.52. The zero-order valence-corrected chi connectivity index (χ0v) is 14.4.